The first-order chi connectivity index (χ1) is 19.6. The molecular formula is C27H42N3O8PS3. The minimum Gasteiger partial charge on any atom is -0.387 e. The second kappa shape index (κ2) is 13.4. The van der Waals surface area contributed by atoms with E-state index in [-0.39, 0.29) is 28.7 Å². The maximum atomic E-state index is 12.3. The third kappa shape index (κ3) is 7.77. The van der Waals surface area contributed by atoms with Crippen LogP contribution in [-0.2, 0) is 27.8 Å². The first kappa shape index (κ1) is 34.2. The van der Waals surface area contributed by atoms with E-state index in [4.69, 9.17) is 28.8 Å². The van der Waals surface area contributed by atoms with Gasteiger partial charge in [0.25, 0.3) is 0 Å². The normalized spacial score (nSPS) is 28.8. The summed E-state index contributed by atoms with van der Waals surface area (Å²) in [5.41, 5.74) is 4.51. The monoisotopic (exact) mass is 663 g/mol. The maximum absolute atomic E-state index is 12.3. The van der Waals surface area contributed by atoms with Crippen molar-refractivity contribution in [2.75, 3.05) is 43.7 Å². The van der Waals surface area contributed by atoms with Crippen LogP contribution in [0.2, 0.25) is 0 Å². The predicted octanol–water partition coefficient (Wildman–Crippen LogP) is 4.91. The van der Waals surface area contributed by atoms with Crippen LogP contribution in [-0.4, -0.2) is 86.0 Å². The molecule has 2 aliphatic heterocycles. The van der Waals surface area contributed by atoms with Gasteiger partial charge in [-0.1, -0.05) is 53.3 Å². The van der Waals surface area contributed by atoms with Gasteiger partial charge in [0.1, 0.15) is 41.0 Å². The number of anilines is 1. The number of carbonyl (C=O) groups is 1. The number of aliphatic hydroxyl groups excluding tert-OH is 1. The quantitative estimate of drug-likeness (QED) is 0.151. The number of hydrogen-bond acceptors (Lipinski definition) is 14. The second-order valence-corrected chi connectivity index (χ2v) is 17.1. The number of thiophene rings is 1. The van der Waals surface area contributed by atoms with Gasteiger partial charge >= 0.3 is 8.60 Å². The molecule has 2 aromatic heterocycles. The van der Waals surface area contributed by atoms with Gasteiger partial charge < -0.3 is 39.0 Å². The molecule has 6 unspecified atom stereocenters. The van der Waals surface area contributed by atoms with Gasteiger partial charge in [-0.25, -0.2) is 9.97 Å². The lowest BCUT2D eigenvalue weighted by Crippen LogP contribution is -2.43. The number of epoxide rings is 1. The van der Waals surface area contributed by atoms with Gasteiger partial charge in [-0.3, -0.25) is 4.79 Å². The Morgan fingerprint density at radius 3 is 2.48 bits per heavy atom. The fourth-order valence-electron chi connectivity index (χ4n) is 4.29. The van der Waals surface area contributed by atoms with Crippen molar-refractivity contribution in [3.8, 4) is 0 Å². The Hall–Kier alpha value is -0.640. The van der Waals surface area contributed by atoms with Crippen molar-refractivity contribution in [2.45, 2.75) is 77.3 Å². The van der Waals surface area contributed by atoms with Crippen LogP contribution < -0.4 is 5.73 Å². The SMILES string of the molecule is CC(C)(C)C(=O)SCCOP(OCCSC1(C(C)(C)C)CO1)OCC1OC(c2scc3c(N)ncnc23)C(C)(O)C1O. The fourth-order valence-corrected chi connectivity index (χ4v) is 8.62. The lowest BCUT2D eigenvalue weighted by molar-refractivity contribution is -0.117. The molecule has 0 radical (unpaired) electrons. The van der Waals surface area contributed by atoms with Gasteiger partial charge in [0.15, 0.2) is 5.12 Å². The Labute approximate surface area is 261 Å². The third-order valence-electron chi connectivity index (χ3n) is 7.12. The number of nitrogens with zero attached hydrogens (tertiary/aromatic N) is 2. The van der Waals surface area contributed by atoms with E-state index < -0.39 is 37.9 Å². The summed E-state index contributed by atoms with van der Waals surface area (Å²) in [7, 11) is -1.82. The Bertz CT molecular complexity index is 1230. The van der Waals surface area contributed by atoms with Crippen LogP contribution in [0.3, 0.4) is 0 Å². The highest BCUT2D eigenvalue weighted by atomic mass is 32.2. The van der Waals surface area contributed by atoms with Crippen LogP contribution in [0.5, 0.6) is 0 Å². The number of nitrogens with two attached hydrogens (primary N) is 1. The highest BCUT2D eigenvalue weighted by Gasteiger charge is 2.55. The van der Waals surface area contributed by atoms with Crippen molar-refractivity contribution in [1.82, 2.24) is 9.97 Å². The van der Waals surface area contributed by atoms with E-state index in [1.807, 2.05) is 26.2 Å². The molecule has 42 heavy (non-hydrogen) atoms. The summed E-state index contributed by atoms with van der Waals surface area (Å²) >= 11 is 4.25. The second-order valence-electron chi connectivity index (χ2n) is 12.6. The molecule has 2 fully saturated rings. The molecule has 6 atom stereocenters. The molecule has 2 aliphatic rings. The van der Waals surface area contributed by atoms with E-state index in [0.717, 1.165) is 0 Å². The molecule has 4 heterocycles. The molecule has 15 heteroatoms. The number of carbonyl (C=O) groups excluding carboxylic acids is 1. The molecule has 4 rings (SSSR count). The van der Waals surface area contributed by atoms with Gasteiger partial charge in [-0.2, -0.15) is 0 Å². The number of thioether (sulfide) groups is 2. The van der Waals surface area contributed by atoms with Crippen molar-refractivity contribution in [1.29, 1.82) is 0 Å². The van der Waals surface area contributed by atoms with Gasteiger partial charge in [0.05, 0.1) is 42.2 Å². The summed E-state index contributed by atoms with van der Waals surface area (Å²) < 4.78 is 29.8. The zero-order valence-corrected chi connectivity index (χ0v) is 28.5. The van der Waals surface area contributed by atoms with Crippen LogP contribution in [0.1, 0.15) is 59.4 Å². The highest BCUT2D eigenvalue weighted by molar-refractivity contribution is 8.13. The molecule has 0 aromatic carbocycles. The van der Waals surface area contributed by atoms with Crippen LogP contribution >= 0.6 is 43.5 Å². The molecule has 2 aromatic rings. The Balaban J connectivity index is 1.36. The van der Waals surface area contributed by atoms with Crippen molar-refractivity contribution in [2.24, 2.45) is 10.8 Å². The summed E-state index contributed by atoms with van der Waals surface area (Å²) in [6.45, 7) is 14.9. The number of fused-ring (bicyclic) bond motifs is 1. The number of rotatable bonds is 13. The fraction of sp³-hybridized carbons (Fsp3) is 0.741. The molecule has 0 bridgehead atoms. The van der Waals surface area contributed by atoms with E-state index in [1.165, 1.54) is 36.3 Å². The van der Waals surface area contributed by atoms with E-state index >= 15 is 0 Å². The molecule has 2 saturated heterocycles. The summed E-state index contributed by atoms with van der Waals surface area (Å²) in [5.74, 6) is 1.46. The average Bonchev–Trinajstić information content (AvgIpc) is 3.53. The van der Waals surface area contributed by atoms with Gasteiger partial charge in [0.2, 0.25) is 0 Å². The lowest BCUT2D eigenvalue weighted by Gasteiger charge is -2.27. The van der Waals surface area contributed by atoms with Crippen LogP contribution in [0, 0.1) is 10.8 Å². The van der Waals surface area contributed by atoms with Gasteiger partial charge in [-0.15, -0.1) is 23.1 Å². The van der Waals surface area contributed by atoms with Gasteiger partial charge in [-0.05, 0) is 6.92 Å². The molecule has 236 valence electrons. The van der Waals surface area contributed by atoms with Crippen LogP contribution in [0.4, 0.5) is 5.82 Å². The predicted molar refractivity (Wildman–Crippen MR) is 168 cm³/mol. The van der Waals surface area contributed by atoms with E-state index in [1.54, 1.807) is 11.8 Å². The molecule has 11 nitrogen and oxygen atoms in total. The minimum atomic E-state index is -1.82. The van der Waals surface area contributed by atoms with Crippen molar-refractivity contribution in [3.05, 3.63) is 16.6 Å². The largest absolute Gasteiger partial charge is 0.387 e. The number of aliphatic hydroxyl groups is 2. The minimum absolute atomic E-state index is 0.00128. The van der Waals surface area contributed by atoms with Crippen molar-refractivity contribution >= 4 is 65.3 Å². The van der Waals surface area contributed by atoms with Crippen molar-refractivity contribution in [3.63, 3.8) is 0 Å². The van der Waals surface area contributed by atoms with Gasteiger partial charge in [0, 0.05) is 27.7 Å². The zero-order chi connectivity index (χ0) is 30.9. The third-order valence-corrected chi connectivity index (χ3v) is 12.2. The van der Waals surface area contributed by atoms with E-state index in [0.29, 0.717) is 46.3 Å². The first-order valence-corrected chi connectivity index (χ1v) is 17.7. The number of nitrogen functional groups attached to an aromatic ring is 1. The first-order valence-electron chi connectivity index (χ1n) is 13.7. The summed E-state index contributed by atoms with van der Waals surface area (Å²) in [4.78, 5) is 21.1. The van der Waals surface area contributed by atoms with Crippen LogP contribution in [0.25, 0.3) is 10.9 Å². The van der Waals surface area contributed by atoms with E-state index in [9.17, 15) is 15.0 Å². The average molecular weight is 664 g/mol. The number of hydrogen-bond donors (Lipinski definition) is 3. The Morgan fingerprint density at radius 2 is 1.86 bits per heavy atom. The lowest BCUT2D eigenvalue weighted by atomic mass is 9.92. The Morgan fingerprint density at radius 1 is 1.19 bits per heavy atom. The molecular weight excluding hydrogens is 621 g/mol. The van der Waals surface area contributed by atoms with E-state index in [2.05, 4.69) is 30.7 Å². The topological polar surface area (TPSA) is 159 Å². The summed E-state index contributed by atoms with van der Waals surface area (Å²) in [6.07, 6.45) is -1.59. The zero-order valence-electron chi connectivity index (χ0n) is 25.1. The molecule has 0 amide bonds. The smallest absolute Gasteiger partial charge is 0.332 e. The van der Waals surface area contributed by atoms with Crippen molar-refractivity contribution < 1.29 is 38.1 Å². The standard InChI is InChI=1S/C27H42N3O8PS3/c1-24(2,3)23(32)40-10-8-35-39(36-9-11-42-27(14-34-27)25(4,5)6)37-12-17-20(31)26(7,33)21(38-17)19-18-16(13-41-19)22(28)30-15-29-18/h13,15,17,20-21,31,33H,8-12,14H2,1-7H3,(H2,28,29,30). The van der Waals surface area contributed by atoms with Crippen LogP contribution in [0.15, 0.2) is 11.7 Å². The molecule has 4 N–H and O–H groups in total. The number of aromatic nitrogens is 2. The molecule has 0 aliphatic carbocycles. The maximum Gasteiger partial charge on any atom is 0.332 e. The number of ether oxygens (including phenoxy) is 2. The Kier molecular flexibility index (Phi) is 10.9. The molecule has 0 saturated carbocycles. The molecule has 0 spiro atoms. The summed E-state index contributed by atoms with van der Waals surface area (Å²) in [6, 6.07) is 0. The summed E-state index contributed by atoms with van der Waals surface area (Å²) in [5, 5.41) is 24.8. The highest BCUT2D eigenvalue weighted by Crippen LogP contribution is 2.53.